The third-order valence-corrected chi connectivity index (χ3v) is 3.93. The zero-order chi connectivity index (χ0) is 16.5. The number of halogens is 1. The van der Waals surface area contributed by atoms with Crippen molar-refractivity contribution in [3.63, 3.8) is 0 Å². The van der Waals surface area contributed by atoms with E-state index in [9.17, 15) is 4.39 Å². The van der Waals surface area contributed by atoms with Crippen LogP contribution in [0, 0.1) is 5.82 Å². The fourth-order valence-corrected chi connectivity index (χ4v) is 2.70. The number of anilines is 1. The first kappa shape index (κ1) is 14.5. The number of pyridine rings is 1. The highest BCUT2D eigenvalue weighted by Gasteiger charge is 2.03. The third kappa shape index (κ3) is 2.86. The van der Waals surface area contributed by atoms with E-state index in [1.807, 2.05) is 48.5 Å². The molecule has 0 bridgehead atoms. The molecular formula is C20H15FN2O. The molecule has 1 heterocycles. The molecule has 0 aliphatic heterocycles. The summed E-state index contributed by atoms with van der Waals surface area (Å²) in [5.41, 5.74) is 7.92. The fraction of sp³-hybridized carbons (Fsp3) is 0.0500. The van der Waals surface area contributed by atoms with Crippen LogP contribution < -0.4 is 10.5 Å². The minimum absolute atomic E-state index is 0.291. The van der Waals surface area contributed by atoms with Crippen LogP contribution in [0.25, 0.3) is 21.7 Å². The lowest BCUT2D eigenvalue weighted by Crippen LogP contribution is -1.98. The number of rotatable bonds is 3. The van der Waals surface area contributed by atoms with Crippen molar-refractivity contribution in [3.8, 4) is 5.75 Å². The number of nitrogens with two attached hydrogens (primary N) is 1. The van der Waals surface area contributed by atoms with Crippen LogP contribution >= 0.6 is 0 Å². The molecular weight excluding hydrogens is 303 g/mol. The second kappa shape index (κ2) is 5.81. The molecule has 4 heteroatoms. The van der Waals surface area contributed by atoms with E-state index in [0.29, 0.717) is 12.1 Å². The molecule has 0 radical (unpaired) electrons. The maximum atomic E-state index is 13.3. The first-order valence-corrected chi connectivity index (χ1v) is 7.65. The maximum absolute atomic E-state index is 13.3. The van der Waals surface area contributed by atoms with Gasteiger partial charge in [-0.05, 0) is 53.2 Å². The van der Waals surface area contributed by atoms with Gasteiger partial charge in [-0.2, -0.15) is 0 Å². The number of fused-ring (bicyclic) bond motifs is 2. The molecule has 118 valence electrons. The van der Waals surface area contributed by atoms with Crippen molar-refractivity contribution in [2.75, 3.05) is 5.73 Å². The highest BCUT2D eigenvalue weighted by atomic mass is 19.1. The van der Waals surface area contributed by atoms with E-state index in [1.165, 1.54) is 12.1 Å². The summed E-state index contributed by atoms with van der Waals surface area (Å²) in [5.74, 6) is 0.453. The van der Waals surface area contributed by atoms with Crippen molar-refractivity contribution in [1.82, 2.24) is 4.98 Å². The van der Waals surface area contributed by atoms with Crippen LogP contribution in [0.4, 0.5) is 10.1 Å². The molecule has 0 aliphatic carbocycles. The molecule has 1 aromatic heterocycles. The van der Waals surface area contributed by atoms with Gasteiger partial charge >= 0.3 is 0 Å². The summed E-state index contributed by atoms with van der Waals surface area (Å²) < 4.78 is 19.1. The van der Waals surface area contributed by atoms with Gasteiger partial charge in [0.2, 0.25) is 0 Å². The van der Waals surface area contributed by atoms with Crippen molar-refractivity contribution in [1.29, 1.82) is 0 Å². The summed E-state index contributed by atoms with van der Waals surface area (Å²) in [7, 11) is 0. The number of ether oxygens (including phenoxy) is 1. The van der Waals surface area contributed by atoms with Gasteiger partial charge in [-0.15, -0.1) is 0 Å². The summed E-state index contributed by atoms with van der Waals surface area (Å²) in [4.78, 5) is 4.44. The molecule has 3 nitrogen and oxygen atoms in total. The van der Waals surface area contributed by atoms with Gasteiger partial charge in [0.25, 0.3) is 0 Å². The predicted molar refractivity (Wildman–Crippen MR) is 94.4 cm³/mol. The molecule has 0 atom stereocenters. The molecule has 0 saturated carbocycles. The smallest absolute Gasteiger partial charge is 0.130 e. The van der Waals surface area contributed by atoms with Crippen LogP contribution in [0.5, 0.6) is 5.75 Å². The maximum Gasteiger partial charge on any atom is 0.130 e. The van der Waals surface area contributed by atoms with Crippen molar-refractivity contribution in [3.05, 3.63) is 78.2 Å². The molecule has 4 rings (SSSR count). The minimum Gasteiger partial charge on any atom is -0.487 e. The van der Waals surface area contributed by atoms with Gasteiger partial charge in [0, 0.05) is 17.1 Å². The summed E-state index contributed by atoms with van der Waals surface area (Å²) in [5, 5.41) is 3.04. The van der Waals surface area contributed by atoms with Gasteiger partial charge in [0.1, 0.15) is 18.2 Å². The molecule has 0 aliphatic rings. The Hall–Kier alpha value is -3.14. The normalized spacial score (nSPS) is 11.0. The van der Waals surface area contributed by atoms with E-state index in [4.69, 9.17) is 10.5 Å². The highest BCUT2D eigenvalue weighted by Crippen LogP contribution is 2.23. The molecule has 24 heavy (non-hydrogen) atoms. The zero-order valence-corrected chi connectivity index (χ0v) is 12.9. The van der Waals surface area contributed by atoms with Gasteiger partial charge < -0.3 is 10.5 Å². The number of nitrogen functional groups attached to an aromatic ring is 1. The van der Waals surface area contributed by atoms with Crippen LogP contribution in [0.15, 0.2) is 66.7 Å². The molecule has 4 aromatic rings. The predicted octanol–water partition coefficient (Wildman–Crippen LogP) is 4.69. The Balaban J connectivity index is 1.58. The van der Waals surface area contributed by atoms with Crippen LogP contribution in [-0.4, -0.2) is 4.98 Å². The fourth-order valence-electron chi connectivity index (χ4n) is 2.70. The summed E-state index contributed by atoms with van der Waals surface area (Å²) in [6.45, 7) is 0.320. The molecule has 0 spiro atoms. The van der Waals surface area contributed by atoms with Gasteiger partial charge in [-0.1, -0.05) is 18.2 Å². The first-order chi connectivity index (χ1) is 11.7. The van der Waals surface area contributed by atoms with E-state index < -0.39 is 0 Å². The summed E-state index contributed by atoms with van der Waals surface area (Å²) >= 11 is 0. The lowest BCUT2D eigenvalue weighted by molar-refractivity contribution is 0.302. The number of aromatic nitrogens is 1. The molecule has 0 fully saturated rings. The molecule has 0 amide bonds. The summed E-state index contributed by atoms with van der Waals surface area (Å²) in [6.07, 6.45) is 0. The SMILES string of the molecule is Nc1ccc2ccc(OCc3ccc4ccc(F)cc4n3)cc2c1. The zero-order valence-electron chi connectivity index (χ0n) is 12.9. The Morgan fingerprint density at radius 2 is 1.62 bits per heavy atom. The van der Waals surface area contributed by atoms with Crippen molar-refractivity contribution < 1.29 is 9.13 Å². The molecule has 0 unspecified atom stereocenters. The van der Waals surface area contributed by atoms with E-state index in [-0.39, 0.29) is 5.82 Å². The van der Waals surface area contributed by atoms with E-state index >= 15 is 0 Å². The largest absolute Gasteiger partial charge is 0.487 e. The number of hydrogen-bond acceptors (Lipinski definition) is 3. The van der Waals surface area contributed by atoms with Crippen LogP contribution in [0.1, 0.15) is 5.69 Å². The van der Waals surface area contributed by atoms with Crippen LogP contribution in [0.2, 0.25) is 0 Å². The average Bonchev–Trinajstić information content (AvgIpc) is 2.59. The van der Waals surface area contributed by atoms with E-state index in [0.717, 1.165) is 33.3 Å². The monoisotopic (exact) mass is 318 g/mol. The number of benzene rings is 3. The van der Waals surface area contributed by atoms with Crippen molar-refractivity contribution in [2.24, 2.45) is 0 Å². The van der Waals surface area contributed by atoms with E-state index in [2.05, 4.69) is 4.98 Å². The highest BCUT2D eigenvalue weighted by molar-refractivity contribution is 5.86. The second-order valence-corrected chi connectivity index (χ2v) is 5.70. The van der Waals surface area contributed by atoms with Crippen LogP contribution in [-0.2, 0) is 6.61 Å². The lowest BCUT2D eigenvalue weighted by Gasteiger charge is -2.08. The van der Waals surface area contributed by atoms with Crippen LogP contribution in [0.3, 0.4) is 0 Å². The topological polar surface area (TPSA) is 48.1 Å². The Kier molecular flexibility index (Phi) is 3.50. The number of hydrogen-bond donors (Lipinski definition) is 1. The Morgan fingerprint density at radius 3 is 2.54 bits per heavy atom. The van der Waals surface area contributed by atoms with Gasteiger partial charge in [0.05, 0.1) is 11.2 Å². The molecule has 3 aromatic carbocycles. The lowest BCUT2D eigenvalue weighted by atomic mass is 10.1. The van der Waals surface area contributed by atoms with Crippen molar-refractivity contribution in [2.45, 2.75) is 6.61 Å². The first-order valence-electron chi connectivity index (χ1n) is 7.65. The average molecular weight is 318 g/mol. The van der Waals surface area contributed by atoms with Gasteiger partial charge in [-0.3, -0.25) is 0 Å². The Labute approximate surface area is 138 Å². The standard InChI is InChI=1S/C20H15FN2O/c21-16-5-1-14-3-7-18(23-20(14)11-16)12-24-19-8-4-13-2-6-17(22)9-15(13)10-19/h1-11H,12,22H2. The van der Waals surface area contributed by atoms with E-state index in [1.54, 1.807) is 6.07 Å². The number of nitrogens with zero attached hydrogens (tertiary/aromatic N) is 1. The molecule has 0 saturated heterocycles. The Morgan fingerprint density at radius 1 is 0.833 bits per heavy atom. The summed E-state index contributed by atoms with van der Waals surface area (Å²) in [6, 6.07) is 20.0. The quantitative estimate of drug-likeness (QED) is 0.558. The molecule has 2 N–H and O–H groups in total. The second-order valence-electron chi connectivity index (χ2n) is 5.70. The minimum atomic E-state index is -0.291. The van der Waals surface area contributed by atoms with Crippen molar-refractivity contribution >= 4 is 27.4 Å². The van der Waals surface area contributed by atoms with Gasteiger partial charge in [0.15, 0.2) is 0 Å². The third-order valence-electron chi connectivity index (χ3n) is 3.93. The van der Waals surface area contributed by atoms with Gasteiger partial charge in [-0.25, -0.2) is 9.37 Å². The Bertz CT molecular complexity index is 961.